The minimum Gasteiger partial charge on any atom is -0.481 e. The number of piperidine rings is 1. The maximum atomic E-state index is 12.3. The fraction of sp³-hybridized carbons (Fsp3) is 0.875. The van der Waals surface area contributed by atoms with Crippen LogP contribution in [0.5, 0.6) is 0 Å². The van der Waals surface area contributed by atoms with Gasteiger partial charge in [0.1, 0.15) is 0 Å². The van der Waals surface area contributed by atoms with Crippen LogP contribution in [0.25, 0.3) is 0 Å². The number of hydrogen-bond donors (Lipinski definition) is 2. The normalized spacial score (nSPS) is 22.3. The second kappa shape index (κ2) is 9.03. The zero-order chi connectivity index (χ0) is 15.7. The van der Waals surface area contributed by atoms with Gasteiger partial charge in [0.2, 0.25) is 5.91 Å². The minimum atomic E-state index is -0.746. The molecule has 3 N–H and O–H groups in total. The van der Waals surface area contributed by atoms with Gasteiger partial charge in [0.05, 0.1) is 5.41 Å². The second-order valence-electron chi connectivity index (χ2n) is 6.21. The van der Waals surface area contributed by atoms with E-state index in [0.717, 1.165) is 38.5 Å². The molecule has 0 radical (unpaired) electrons. The Hall–Kier alpha value is -1.10. The lowest BCUT2D eigenvalue weighted by atomic mass is 9.76. The van der Waals surface area contributed by atoms with Gasteiger partial charge in [-0.3, -0.25) is 9.59 Å². The van der Waals surface area contributed by atoms with E-state index in [-0.39, 0.29) is 5.91 Å². The van der Waals surface area contributed by atoms with Crippen LogP contribution in [-0.2, 0) is 9.59 Å². The number of amides is 1. The van der Waals surface area contributed by atoms with Crippen LogP contribution in [0.4, 0.5) is 0 Å². The summed E-state index contributed by atoms with van der Waals surface area (Å²) in [5.41, 5.74) is 4.72. The van der Waals surface area contributed by atoms with Gasteiger partial charge >= 0.3 is 5.97 Å². The smallest absolute Gasteiger partial charge is 0.311 e. The van der Waals surface area contributed by atoms with Crippen molar-refractivity contribution in [2.24, 2.45) is 11.1 Å². The molecule has 5 nitrogen and oxygen atoms in total. The third kappa shape index (κ3) is 5.30. The van der Waals surface area contributed by atoms with Crippen molar-refractivity contribution in [1.29, 1.82) is 0 Å². The number of carboxylic acids is 1. The van der Waals surface area contributed by atoms with E-state index in [2.05, 4.69) is 0 Å². The summed E-state index contributed by atoms with van der Waals surface area (Å²) in [5.74, 6) is -0.631. The Labute approximate surface area is 127 Å². The molecule has 0 saturated carbocycles. The van der Waals surface area contributed by atoms with Crippen LogP contribution in [-0.4, -0.2) is 41.5 Å². The Morgan fingerprint density at radius 1 is 1.24 bits per heavy atom. The molecule has 5 heteroatoms. The van der Waals surface area contributed by atoms with E-state index in [4.69, 9.17) is 5.73 Å². The maximum Gasteiger partial charge on any atom is 0.311 e. The third-order valence-corrected chi connectivity index (χ3v) is 4.46. The first kappa shape index (κ1) is 18.0. The average Bonchev–Trinajstić information content (AvgIpc) is 2.47. The van der Waals surface area contributed by atoms with Gasteiger partial charge in [0.15, 0.2) is 0 Å². The van der Waals surface area contributed by atoms with E-state index in [1.54, 1.807) is 4.90 Å². The zero-order valence-electron chi connectivity index (χ0n) is 13.3. The van der Waals surface area contributed by atoms with E-state index >= 15 is 0 Å². The van der Waals surface area contributed by atoms with Crippen LogP contribution in [0.15, 0.2) is 0 Å². The topological polar surface area (TPSA) is 83.6 Å². The van der Waals surface area contributed by atoms with E-state index in [1.807, 2.05) is 6.92 Å². The largest absolute Gasteiger partial charge is 0.481 e. The fourth-order valence-electron chi connectivity index (χ4n) is 3.24. The number of aliphatic carboxylic acids is 1. The zero-order valence-corrected chi connectivity index (χ0v) is 13.3. The number of carbonyl (C=O) groups excluding carboxylic acids is 1. The number of rotatable bonds is 9. The van der Waals surface area contributed by atoms with Crippen LogP contribution in [0.3, 0.4) is 0 Å². The first-order valence-electron chi connectivity index (χ1n) is 8.27. The lowest BCUT2D eigenvalue weighted by Gasteiger charge is -2.40. The van der Waals surface area contributed by atoms with Gasteiger partial charge in [-0.05, 0) is 38.6 Å². The van der Waals surface area contributed by atoms with Crippen molar-refractivity contribution in [1.82, 2.24) is 4.90 Å². The first-order chi connectivity index (χ1) is 10.1. The predicted molar refractivity (Wildman–Crippen MR) is 82.9 cm³/mol. The monoisotopic (exact) mass is 298 g/mol. The van der Waals surface area contributed by atoms with Gasteiger partial charge in [-0.15, -0.1) is 0 Å². The van der Waals surface area contributed by atoms with Gasteiger partial charge in [-0.25, -0.2) is 0 Å². The Bertz CT molecular complexity index is 342. The number of carbonyl (C=O) groups is 2. The SMILES string of the molecule is CCCC1(C(=O)O)CCCN(C(=O)CCCCCCN)C1. The molecule has 0 spiro atoms. The summed E-state index contributed by atoms with van der Waals surface area (Å²) in [5, 5.41) is 9.54. The molecule has 0 bridgehead atoms. The van der Waals surface area contributed by atoms with Crippen molar-refractivity contribution in [2.75, 3.05) is 19.6 Å². The molecule has 0 aromatic carbocycles. The number of hydrogen-bond acceptors (Lipinski definition) is 3. The highest BCUT2D eigenvalue weighted by atomic mass is 16.4. The molecule has 0 aliphatic carbocycles. The van der Waals surface area contributed by atoms with E-state index in [9.17, 15) is 14.7 Å². The molecular weight excluding hydrogens is 268 g/mol. The quantitative estimate of drug-likeness (QED) is 0.640. The van der Waals surface area contributed by atoms with Crippen molar-refractivity contribution < 1.29 is 14.7 Å². The summed E-state index contributed by atoms with van der Waals surface area (Å²) in [7, 11) is 0. The van der Waals surface area contributed by atoms with Gasteiger partial charge < -0.3 is 15.7 Å². The number of likely N-dealkylation sites (tertiary alicyclic amines) is 1. The molecule has 21 heavy (non-hydrogen) atoms. The molecular formula is C16H30N2O3. The number of nitrogens with two attached hydrogens (primary N) is 1. The highest BCUT2D eigenvalue weighted by Gasteiger charge is 2.42. The Morgan fingerprint density at radius 3 is 2.57 bits per heavy atom. The lowest BCUT2D eigenvalue weighted by molar-refractivity contribution is -0.155. The summed E-state index contributed by atoms with van der Waals surface area (Å²) in [6.07, 6.45) is 7.50. The van der Waals surface area contributed by atoms with Crippen LogP contribution in [0, 0.1) is 5.41 Å². The summed E-state index contributed by atoms with van der Waals surface area (Å²) in [4.78, 5) is 25.6. The van der Waals surface area contributed by atoms with Crippen LogP contribution in [0.1, 0.15) is 64.7 Å². The third-order valence-electron chi connectivity index (χ3n) is 4.46. The fourth-order valence-corrected chi connectivity index (χ4v) is 3.24. The standard InChI is InChI=1S/C16H30N2O3/c1-2-9-16(15(20)21)10-7-12-18(13-16)14(19)8-5-3-4-6-11-17/h2-13,17H2,1H3,(H,20,21). The maximum absolute atomic E-state index is 12.3. The summed E-state index contributed by atoms with van der Waals surface area (Å²) in [6.45, 7) is 3.80. The first-order valence-corrected chi connectivity index (χ1v) is 8.27. The Kier molecular flexibility index (Phi) is 7.72. The molecule has 1 rings (SSSR count). The summed E-state index contributed by atoms with van der Waals surface area (Å²) < 4.78 is 0. The minimum absolute atomic E-state index is 0.115. The molecule has 1 aliphatic rings. The number of nitrogens with zero attached hydrogens (tertiary/aromatic N) is 1. The van der Waals surface area contributed by atoms with Crippen molar-refractivity contribution in [3.05, 3.63) is 0 Å². The van der Waals surface area contributed by atoms with Gasteiger partial charge in [-0.2, -0.15) is 0 Å². The van der Waals surface area contributed by atoms with E-state index < -0.39 is 11.4 Å². The summed E-state index contributed by atoms with van der Waals surface area (Å²) >= 11 is 0. The molecule has 1 unspecified atom stereocenters. The van der Waals surface area contributed by atoms with Crippen molar-refractivity contribution in [2.45, 2.75) is 64.7 Å². The van der Waals surface area contributed by atoms with Gasteiger partial charge in [-0.1, -0.05) is 26.2 Å². The molecule has 1 aliphatic heterocycles. The molecule has 122 valence electrons. The van der Waals surface area contributed by atoms with Crippen LogP contribution >= 0.6 is 0 Å². The molecule has 1 saturated heterocycles. The second-order valence-corrected chi connectivity index (χ2v) is 6.21. The Balaban J connectivity index is 2.47. The van der Waals surface area contributed by atoms with Gasteiger partial charge in [0, 0.05) is 19.5 Å². The summed E-state index contributed by atoms with van der Waals surface area (Å²) in [6, 6.07) is 0. The van der Waals surface area contributed by atoms with Crippen LogP contribution < -0.4 is 5.73 Å². The van der Waals surface area contributed by atoms with Crippen LogP contribution in [0.2, 0.25) is 0 Å². The van der Waals surface area contributed by atoms with Gasteiger partial charge in [0.25, 0.3) is 0 Å². The average molecular weight is 298 g/mol. The molecule has 0 aromatic rings. The van der Waals surface area contributed by atoms with E-state index in [1.165, 1.54) is 0 Å². The molecule has 0 aromatic heterocycles. The number of unbranched alkanes of at least 4 members (excludes halogenated alkanes) is 3. The molecule has 1 fully saturated rings. The Morgan fingerprint density at radius 2 is 1.95 bits per heavy atom. The van der Waals surface area contributed by atoms with Crippen molar-refractivity contribution in [3.63, 3.8) is 0 Å². The molecule has 1 amide bonds. The lowest BCUT2D eigenvalue weighted by Crippen LogP contribution is -2.49. The predicted octanol–water partition coefficient (Wildman–Crippen LogP) is 2.39. The molecule has 1 atom stereocenters. The number of carboxylic acid groups (broad SMARTS) is 1. The van der Waals surface area contributed by atoms with Crippen molar-refractivity contribution in [3.8, 4) is 0 Å². The van der Waals surface area contributed by atoms with E-state index in [0.29, 0.717) is 38.9 Å². The highest BCUT2D eigenvalue weighted by Crippen LogP contribution is 2.35. The van der Waals surface area contributed by atoms with Crippen molar-refractivity contribution >= 4 is 11.9 Å². The highest BCUT2D eigenvalue weighted by molar-refractivity contribution is 5.79. The molecule has 1 heterocycles.